The Labute approximate surface area is 173 Å². The van der Waals surface area contributed by atoms with Gasteiger partial charge < -0.3 is 4.90 Å². The van der Waals surface area contributed by atoms with Gasteiger partial charge in [-0.05, 0) is 49.1 Å². The minimum atomic E-state index is -0.468. The van der Waals surface area contributed by atoms with Crippen molar-refractivity contribution in [3.05, 3.63) is 72.4 Å². The van der Waals surface area contributed by atoms with E-state index >= 15 is 0 Å². The number of hydrogen-bond acceptors (Lipinski definition) is 3. The maximum absolute atomic E-state index is 14.1. The first-order valence-corrected chi connectivity index (χ1v) is 10.1. The highest BCUT2D eigenvalue weighted by atomic mass is 19.1. The van der Waals surface area contributed by atoms with E-state index in [1.807, 2.05) is 24.0 Å². The summed E-state index contributed by atoms with van der Waals surface area (Å²) in [6.07, 6.45) is 6.41. The maximum Gasteiger partial charge on any atom is 0.257 e. The predicted molar refractivity (Wildman–Crippen MR) is 112 cm³/mol. The van der Waals surface area contributed by atoms with Crippen LogP contribution < -0.4 is 0 Å². The van der Waals surface area contributed by atoms with E-state index < -0.39 is 5.82 Å². The zero-order valence-electron chi connectivity index (χ0n) is 16.6. The van der Waals surface area contributed by atoms with Gasteiger partial charge in [0.2, 0.25) is 0 Å². The van der Waals surface area contributed by atoms with Gasteiger partial charge >= 0.3 is 0 Å². The minimum Gasteiger partial charge on any atom is -0.335 e. The van der Waals surface area contributed by atoms with Gasteiger partial charge in [0.05, 0.1) is 23.5 Å². The van der Waals surface area contributed by atoms with Crippen LogP contribution in [0.4, 0.5) is 4.39 Å². The largest absolute Gasteiger partial charge is 0.335 e. The average Bonchev–Trinajstić information content (AvgIpc) is 3.48. The van der Waals surface area contributed by atoms with Gasteiger partial charge in [-0.25, -0.2) is 4.39 Å². The molecule has 2 atom stereocenters. The number of fused-ring (bicyclic) bond motifs is 1. The number of carbonyl (C=O) groups is 1. The summed E-state index contributed by atoms with van der Waals surface area (Å²) in [5.41, 5.74) is 3.33. The van der Waals surface area contributed by atoms with E-state index in [2.05, 4.69) is 33.5 Å². The third kappa shape index (κ3) is 3.26. The molecular weight excluding hydrogens is 381 g/mol. The van der Waals surface area contributed by atoms with E-state index in [-0.39, 0.29) is 23.4 Å². The highest BCUT2D eigenvalue weighted by Crippen LogP contribution is 2.29. The standard InChI is InChI=1S/C23H22FN5O/c1-15-8-16(13-28(15)23(30)20-4-2-3-5-21(20)24)14-29-22-7-6-17(9-18(22)12-27-29)19-10-25-26-11-19/h2-7,9-12,15-16H,8,13-14H2,1H3,(H,25,26)/t15-,16+/m0/s1. The number of carbonyl (C=O) groups excluding carboxylic acids is 1. The molecule has 0 unspecified atom stereocenters. The van der Waals surface area contributed by atoms with Crippen LogP contribution >= 0.6 is 0 Å². The third-order valence-corrected chi connectivity index (χ3v) is 5.93. The monoisotopic (exact) mass is 403 g/mol. The van der Waals surface area contributed by atoms with Crippen molar-refractivity contribution in [2.75, 3.05) is 6.54 Å². The fourth-order valence-electron chi connectivity index (χ4n) is 4.41. The van der Waals surface area contributed by atoms with E-state index in [4.69, 9.17) is 0 Å². The van der Waals surface area contributed by atoms with Gasteiger partial charge in [-0.2, -0.15) is 10.2 Å². The number of halogens is 1. The highest BCUT2D eigenvalue weighted by molar-refractivity contribution is 5.94. The zero-order chi connectivity index (χ0) is 20.7. The van der Waals surface area contributed by atoms with Crippen LogP contribution in [-0.4, -0.2) is 43.4 Å². The van der Waals surface area contributed by atoms with Crippen molar-refractivity contribution in [2.45, 2.75) is 25.9 Å². The molecule has 0 aliphatic carbocycles. The van der Waals surface area contributed by atoms with E-state index in [1.165, 1.54) is 6.07 Å². The smallest absolute Gasteiger partial charge is 0.257 e. The van der Waals surface area contributed by atoms with E-state index in [0.29, 0.717) is 6.54 Å². The summed E-state index contributed by atoms with van der Waals surface area (Å²) in [6, 6.07) is 12.5. The zero-order valence-corrected chi connectivity index (χ0v) is 16.6. The lowest BCUT2D eigenvalue weighted by molar-refractivity contribution is 0.0737. The van der Waals surface area contributed by atoms with Crippen molar-refractivity contribution in [1.82, 2.24) is 24.9 Å². The second kappa shape index (κ2) is 7.40. The lowest BCUT2D eigenvalue weighted by atomic mass is 10.1. The van der Waals surface area contributed by atoms with Gasteiger partial charge in [-0.1, -0.05) is 18.2 Å². The number of benzene rings is 2. The quantitative estimate of drug-likeness (QED) is 0.557. The molecule has 1 fully saturated rings. The van der Waals surface area contributed by atoms with Crippen LogP contribution in [0, 0.1) is 11.7 Å². The first-order chi connectivity index (χ1) is 14.6. The molecular formula is C23H22FN5O. The molecule has 1 aliphatic rings. The Hall–Kier alpha value is -3.48. The molecule has 0 spiro atoms. The Morgan fingerprint density at radius 1 is 1.20 bits per heavy atom. The number of rotatable bonds is 4. The molecule has 5 rings (SSSR count). The Morgan fingerprint density at radius 3 is 2.87 bits per heavy atom. The SMILES string of the molecule is C[C@H]1C[C@@H](Cn2ncc3cc(-c4cn[nH]c4)ccc32)CN1C(=O)c1ccccc1F. The fraction of sp³-hybridized carbons (Fsp3) is 0.261. The molecule has 1 amide bonds. The number of nitrogens with one attached hydrogen (secondary N) is 1. The third-order valence-electron chi connectivity index (χ3n) is 5.93. The summed E-state index contributed by atoms with van der Waals surface area (Å²) in [4.78, 5) is 14.6. The number of likely N-dealkylation sites (tertiary alicyclic amines) is 1. The lowest BCUT2D eigenvalue weighted by Gasteiger charge is -2.21. The molecule has 0 saturated carbocycles. The van der Waals surface area contributed by atoms with Crippen LogP contribution in [0.5, 0.6) is 0 Å². The molecule has 2 aromatic carbocycles. The summed E-state index contributed by atoms with van der Waals surface area (Å²) in [7, 11) is 0. The Morgan fingerprint density at radius 2 is 2.07 bits per heavy atom. The number of aromatic amines is 1. The molecule has 6 nitrogen and oxygen atoms in total. The van der Waals surface area contributed by atoms with Crippen molar-refractivity contribution in [3.63, 3.8) is 0 Å². The molecule has 2 aromatic heterocycles. The summed E-state index contributed by atoms with van der Waals surface area (Å²) in [6.45, 7) is 3.35. The summed E-state index contributed by atoms with van der Waals surface area (Å²) < 4.78 is 16.1. The topological polar surface area (TPSA) is 66.8 Å². The second-order valence-corrected chi connectivity index (χ2v) is 7.98. The predicted octanol–water partition coefficient (Wildman–Crippen LogP) is 4.12. The minimum absolute atomic E-state index is 0.0663. The van der Waals surface area contributed by atoms with Crippen molar-refractivity contribution in [3.8, 4) is 11.1 Å². The van der Waals surface area contributed by atoms with Gasteiger partial charge in [0.15, 0.2) is 0 Å². The first kappa shape index (κ1) is 18.5. The summed E-state index contributed by atoms with van der Waals surface area (Å²) in [5.74, 6) is -0.435. The van der Waals surface area contributed by atoms with E-state index in [1.54, 1.807) is 29.3 Å². The van der Waals surface area contributed by atoms with Crippen molar-refractivity contribution < 1.29 is 9.18 Å². The number of aromatic nitrogens is 4. The Balaban J connectivity index is 1.33. The van der Waals surface area contributed by atoms with Crippen molar-refractivity contribution in [1.29, 1.82) is 0 Å². The van der Waals surface area contributed by atoms with Crippen molar-refractivity contribution >= 4 is 16.8 Å². The number of H-pyrrole nitrogens is 1. The summed E-state index contributed by atoms with van der Waals surface area (Å²) >= 11 is 0. The number of hydrogen-bond donors (Lipinski definition) is 1. The number of amides is 1. The molecule has 0 bridgehead atoms. The number of nitrogens with zero attached hydrogens (tertiary/aromatic N) is 4. The fourth-order valence-corrected chi connectivity index (χ4v) is 4.41. The van der Waals surface area contributed by atoms with Crippen LogP contribution in [0.3, 0.4) is 0 Å². The van der Waals surface area contributed by atoms with Crippen LogP contribution in [0.15, 0.2) is 61.1 Å². The second-order valence-electron chi connectivity index (χ2n) is 7.98. The average molecular weight is 403 g/mol. The van der Waals surface area contributed by atoms with E-state index in [9.17, 15) is 9.18 Å². The van der Waals surface area contributed by atoms with Crippen LogP contribution in [0.1, 0.15) is 23.7 Å². The maximum atomic E-state index is 14.1. The molecule has 7 heteroatoms. The summed E-state index contributed by atoms with van der Waals surface area (Å²) in [5, 5.41) is 12.5. The van der Waals surface area contributed by atoms with Crippen LogP contribution in [0.2, 0.25) is 0 Å². The van der Waals surface area contributed by atoms with Gasteiger partial charge in [0.25, 0.3) is 5.91 Å². The molecule has 4 aromatic rings. The Bertz CT molecular complexity index is 1200. The molecule has 1 N–H and O–H groups in total. The van der Waals surface area contributed by atoms with Gasteiger partial charge in [0.1, 0.15) is 5.82 Å². The molecule has 3 heterocycles. The molecule has 0 radical (unpaired) electrons. The molecule has 1 aliphatic heterocycles. The normalized spacial score (nSPS) is 18.9. The lowest BCUT2D eigenvalue weighted by Crippen LogP contribution is -2.34. The molecule has 152 valence electrons. The van der Waals surface area contributed by atoms with Gasteiger partial charge in [0, 0.05) is 36.3 Å². The van der Waals surface area contributed by atoms with E-state index in [0.717, 1.165) is 35.0 Å². The van der Waals surface area contributed by atoms with Gasteiger partial charge in [-0.3, -0.25) is 14.6 Å². The molecule has 30 heavy (non-hydrogen) atoms. The van der Waals surface area contributed by atoms with Crippen LogP contribution in [0.25, 0.3) is 22.0 Å². The Kier molecular flexibility index (Phi) is 4.58. The first-order valence-electron chi connectivity index (χ1n) is 10.1. The molecule has 1 saturated heterocycles. The van der Waals surface area contributed by atoms with Gasteiger partial charge in [-0.15, -0.1) is 0 Å². The highest BCUT2D eigenvalue weighted by Gasteiger charge is 2.34. The van der Waals surface area contributed by atoms with Crippen molar-refractivity contribution in [2.24, 2.45) is 5.92 Å². The van der Waals surface area contributed by atoms with Crippen LogP contribution in [-0.2, 0) is 6.54 Å².